The molecule has 0 saturated carbocycles. The Kier molecular flexibility index (Phi) is 4.60. The third-order valence-electron chi connectivity index (χ3n) is 2.69. The second-order valence-electron chi connectivity index (χ2n) is 4.32. The first-order valence-corrected chi connectivity index (χ1v) is 8.39. The van der Waals surface area contributed by atoms with Gasteiger partial charge in [0.15, 0.2) is 0 Å². The molecular weight excluding hydrogens is 300 g/mol. The number of halogens is 1. The van der Waals surface area contributed by atoms with Crippen LogP contribution < -0.4 is 11.1 Å². The third-order valence-corrected chi connectivity index (χ3v) is 4.94. The fourth-order valence-corrected chi connectivity index (χ4v) is 3.60. The molecular formula is C13H15ClN2OS2. The molecule has 6 heteroatoms. The minimum Gasteiger partial charge on any atom is -0.397 e. The van der Waals surface area contributed by atoms with Gasteiger partial charge in [0.05, 0.1) is 5.69 Å². The van der Waals surface area contributed by atoms with E-state index in [9.17, 15) is 4.79 Å². The molecule has 0 fully saturated rings. The Morgan fingerprint density at radius 2 is 2.32 bits per heavy atom. The van der Waals surface area contributed by atoms with Crippen LogP contribution in [0.25, 0.3) is 10.1 Å². The maximum Gasteiger partial charge on any atom is 0.263 e. The van der Waals surface area contributed by atoms with E-state index in [0.29, 0.717) is 15.6 Å². The van der Waals surface area contributed by atoms with Gasteiger partial charge in [0.2, 0.25) is 0 Å². The molecule has 0 radical (unpaired) electrons. The topological polar surface area (TPSA) is 55.1 Å². The van der Waals surface area contributed by atoms with Crippen LogP contribution in [0.15, 0.2) is 18.2 Å². The van der Waals surface area contributed by atoms with Crippen molar-refractivity contribution in [3.05, 3.63) is 28.1 Å². The molecule has 0 saturated heterocycles. The summed E-state index contributed by atoms with van der Waals surface area (Å²) in [6.07, 6.45) is 2.01. The first kappa shape index (κ1) is 14.5. The summed E-state index contributed by atoms with van der Waals surface area (Å²) in [6.45, 7) is 1.98. The van der Waals surface area contributed by atoms with E-state index in [1.165, 1.54) is 11.3 Å². The van der Waals surface area contributed by atoms with Crippen molar-refractivity contribution < 1.29 is 4.79 Å². The van der Waals surface area contributed by atoms with Crippen LogP contribution in [-0.2, 0) is 0 Å². The first-order chi connectivity index (χ1) is 9.02. The van der Waals surface area contributed by atoms with Crippen LogP contribution in [0.2, 0.25) is 5.02 Å². The molecule has 3 nitrogen and oxygen atoms in total. The predicted molar refractivity (Wildman–Crippen MR) is 86.6 cm³/mol. The second kappa shape index (κ2) is 6.03. The first-order valence-electron chi connectivity index (χ1n) is 5.80. The largest absolute Gasteiger partial charge is 0.397 e. The summed E-state index contributed by atoms with van der Waals surface area (Å²) in [5, 5.41) is 4.42. The molecule has 2 rings (SSSR count). The van der Waals surface area contributed by atoms with Crippen LogP contribution in [0, 0.1) is 0 Å². The maximum absolute atomic E-state index is 12.2. The van der Waals surface area contributed by atoms with E-state index in [0.717, 1.165) is 15.8 Å². The van der Waals surface area contributed by atoms with E-state index in [4.69, 9.17) is 17.3 Å². The van der Waals surface area contributed by atoms with E-state index in [1.54, 1.807) is 23.9 Å². The second-order valence-corrected chi connectivity index (χ2v) is 6.71. The summed E-state index contributed by atoms with van der Waals surface area (Å²) in [5.74, 6) is 0.763. The highest BCUT2D eigenvalue weighted by Gasteiger charge is 2.17. The molecule has 1 amide bonds. The van der Waals surface area contributed by atoms with Gasteiger partial charge in [-0.15, -0.1) is 11.3 Å². The van der Waals surface area contributed by atoms with E-state index < -0.39 is 0 Å². The van der Waals surface area contributed by atoms with Crippen molar-refractivity contribution in [1.82, 2.24) is 5.32 Å². The summed E-state index contributed by atoms with van der Waals surface area (Å²) in [7, 11) is 0. The zero-order chi connectivity index (χ0) is 14.0. The third kappa shape index (κ3) is 3.16. The summed E-state index contributed by atoms with van der Waals surface area (Å²) in [4.78, 5) is 12.7. The van der Waals surface area contributed by atoms with E-state index >= 15 is 0 Å². The van der Waals surface area contributed by atoms with Crippen molar-refractivity contribution in [3.63, 3.8) is 0 Å². The molecule has 1 atom stereocenters. The van der Waals surface area contributed by atoms with Gasteiger partial charge < -0.3 is 11.1 Å². The van der Waals surface area contributed by atoms with Gasteiger partial charge in [0.1, 0.15) is 4.88 Å². The number of hydrogen-bond acceptors (Lipinski definition) is 4. The lowest BCUT2D eigenvalue weighted by molar-refractivity contribution is 0.0948. The van der Waals surface area contributed by atoms with Crippen molar-refractivity contribution >= 4 is 56.4 Å². The molecule has 1 aromatic carbocycles. The monoisotopic (exact) mass is 314 g/mol. The SMILES string of the molecule is CSCC(C)NC(=O)c1sc2ccc(Cl)cc2c1N. The lowest BCUT2D eigenvalue weighted by atomic mass is 10.2. The number of benzene rings is 1. The maximum atomic E-state index is 12.2. The van der Waals surface area contributed by atoms with Crippen LogP contribution in [-0.4, -0.2) is 24.0 Å². The number of amides is 1. The van der Waals surface area contributed by atoms with Crippen LogP contribution in [0.5, 0.6) is 0 Å². The number of rotatable bonds is 4. The highest BCUT2D eigenvalue weighted by molar-refractivity contribution is 7.98. The minimum absolute atomic E-state index is 0.114. The number of nitrogens with two attached hydrogens (primary N) is 1. The van der Waals surface area contributed by atoms with Gasteiger partial charge in [0.25, 0.3) is 5.91 Å². The van der Waals surface area contributed by atoms with Crippen molar-refractivity contribution in [2.75, 3.05) is 17.7 Å². The van der Waals surface area contributed by atoms with Gasteiger partial charge in [-0.3, -0.25) is 4.79 Å². The van der Waals surface area contributed by atoms with Crippen LogP contribution in [0.4, 0.5) is 5.69 Å². The number of nitrogen functional groups attached to an aromatic ring is 1. The molecule has 1 heterocycles. The Morgan fingerprint density at radius 3 is 3.00 bits per heavy atom. The smallest absolute Gasteiger partial charge is 0.263 e. The van der Waals surface area contributed by atoms with Gasteiger partial charge in [-0.2, -0.15) is 11.8 Å². The number of carbonyl (C=O) groups is 1. The van der Waals surface area contributed by atoms with Gasteiger partial charge >= 0.3 is 0 Å². The Bertz CT molecular complexity index is 612. The van der Waals surface area contributed by atoms with Crippen LogP contribution in [0.1, 0.15) is 16.6 Å². The van der Waals surface area contributed by atoms with E-state index in [2.05, 4.69) is 5.32 Å². The van der Waals surface area contributed by atoms with Crippen molar-refractivity contribution in [2.24, 2.45) is 0 Å². The minimum atomic E-state index is -0.114. The van der Waals surface area contributed by atoms with Crippen molar-refractivity contribution in [2.45, 2.75) is 13.0 Å². The molecule has 1 unspecified atom stereocenters. The van der Waals surface area contributed by atoms with E-state index in [1.807, 2.05) is 19.2 Å². The fourth-order valence-electron chi connectivity index (χ4n) is 1.84. The highest BCUT2D eigenvalue weighted by Crippen LogP contribution is 2.35. The molecule has 0 aliphatic carbocycles. The predicted octanol–water partition coefficient (Wildman–Crippen LogP) is 3.62. The van der Waals surface area contributed by atoms with Crippen LogP contribution >= 0.6 is 34.7 Å². The van der Waals surface area contributed by atoms with Crippen molar-refractivity contribution in [1.29, 1.82) is 0 Å². The Morgan fingerprint density at radius 1 is 1.58 bits per heavy atom. The number of hydrogen-bond donors (Lipinski definition) is 2. The molecule has 0 aliphatic heterocycles. The number of anilines is 1. The lowest BCUT2D eigenvalue weighted by Gasteiger charge is -2.11. The Balaban J connectivity index is 2.30. The van der Waals surface area contributed by atoms with E-state index in [-0.39, 0.29) is 11.9 Å². The normalized spacial score (nSPS) is 12.6. The quantitative estimate of drug-likeness (QED) is 0.906. The van der Waals surface area contributed by atoms with Crippen LogP contribution in [0.3, 0.4) is 0 Å². The fraction of sp³-hybridized carbons (Fsp3) is 0.308. The molecule has 3 N–H and O–H groups in total. The zero-order valence-corrected chi connectivity index (χ0v) is 13.1. The summed E-state index contributed by atoms with van der Waals surface area (Å²) >= 11 is 9.05. The molecule has 0 spiro atoms. The van der Waals surface area contributed by atoms with Gasteiger partial charge in [-0.25, -0.2) is 0 Å². The average Bonchev–Trinajstić information content (AvgIpc) is 2.67. The lowest BCUT2D eigenvalue weighted by Crippen LogP contribution is -2.34. The highest BCUT2D eigenvalue weighted by atomic mass is 35.5. The molecule has 1 aromatic heterocycles. The van der Waals surface area contributed by atoms with Gasteiger partial charge in [0, 0.05) is 26.9 Å². The number of nitrogens with one attached hydrogen (secondary N) is 1. The number of carbonyl (C=O) groups excluding carboxylic acids is 1. The number of thioether (sulfide) groups is 1. The molecule has 102 valence electrons. The van der Waals surface area contributed by atoms with Crippen molar-refractivity contribution in [3.8, 4) is 0 Å². The van der Waals surface area contributed by atoms with Gasteiger partial charge in [-0.05, 0) is 31.4 Å². The molecule has 2 aromatic rings. The Hall–Kier alpha value is -0.910. The average molecular weight is 315 g/mol. The zero-order valence-electron chi connectivity index (χ0n) is 10.7. The summed E-state index contributed by atoms with van der Waals surface area (Å²) < 4.78 is 0.976. The Labute approximate surface area is 125 Å². The number of fused-ring (bicyclic) bond motifs is 1. The molecule has 0 aliphatic rings. The summed E-state index contributed by atoms with van der Waals surface area (Å²) in [6, 6.07) is 5.61. The standard InChI is InChI=1S/C13H15ClN2OS2/c1-7(6-18-2)16-13(17)12-11(15)9-5-8(14)3-4-10(9)19-12/h3-5,7H,6,15H2,1-2H3,(H,16,17). The summed E-state index contributed by atoms with van der Waals surface area (Å²) in [5.41, 5.74) is 6.55. The molecule has 0 bridgehead atoms. The number of thiophene rings is 1. The van der Waals surface area contributed by atoms with Gasteiger partial charge in [-0.1, -0.05) is 11.6 Å². The molecule has 19 heavy (non-hydrogen) atoms.